The van der Waals surface area contributed by atoms with Crippen molar-refractivity contribution < 1.29 is 74.0 Å². The van der Waals surface area contributed by atoms with Crippen LogP contribution in [0.2, 0.25) is 0 Å². The van der Waals surface area contributed by atoms with E-state index >= 15 is 8.42 Å². The summed E-state index contributed by atoms with van der Waals surface area (Å²) in [7, 11) is -1.41. The van der Waals surface area contributed by atoms with Crippen molar-refractivity contribution in [2.24, 2.45) is 10.9 Å². The van der Waals surface area contributed by atoms with Crippen LogP contribution in [0.25, 0.3) is 50.4 Å². The zero-order chi connectivity index (χ0) is 94.1. The molecule has 0 radical (unpaired) electrons. The third-order valence-corrected chi connectivity index (χ3v) is 26.3. The van der Waals surface area contributed by atoms with E-state index in [1.54, 1.807) is 129 Å². The number of rotatable bonds is 43. The summed E-state index contributed by atoms with van der Waals surface area (Å²) in [5.74, 6) is -2.91. The summed E-state index contributed by atoms with van der Waals surface area (Å²) in [6.07, 6.45) is 5.95. The van der Waals surface area contributed by atoms with E-state index in [9.17, 15) is 47.0 Å². The number of esters is 1. The van der Waals surface area contributed by atoms with Gasteiger partial charge in [0.2, 0.25) is 33.7 Å². The number of hydrogen-bond acceptors (Lipinski definition) is 16. The van der Waals surface area contributed by atoms with E-state index in [4.69, 9.17) is 18.6 Å². The van der Waals surface area contributed by atoms with E-state index in [0.717, 1.165) is 54.7 Å². The average molecular weight is 1820 g/mol. The number of unbranched alkanes of at least 4 members (excludes halogenated alkanes) is 4. The van der Waals surface area contributed by atoms with Crippen LogP contribution in [0.4, 0.5) is 36.2 Å². The van der Waals surface area contributed by atoms with E-state index in [2.05, 4.69) is 46.7 Å². The minimum atomic E-state index is -4.11. The van der Waals surface area contributed by atoms with Crippen LogP contribution in [0, 0.1) is 19.8 Å². The number of fused-ring (bicyclic) bond motifs is 2. The van der Waals surface area contributed by atoms with Crippen molar-refractivity contribution in [1.29, 1.82) is 0 Å². The number of benzene rings is 9. The fourth-order valence-corrected chi connectivity index (χ4v) is 18.6. The number of nitrogens with one attached hydrogen (secondary N) is 6. The molecule has 0 spiro atoms. The lowest BCUT2D eigenvalue weighted by Gasteiger charge is -2.31. The molecule has 690 valence electrons. The molecule has 2 aromatic heterocycles. The molecule has 0 saturated carbocycles. The molecule has 29 heteroatoms. The third-order valence-electron chi connectivity index (χ3n) is 24.3. The summed E-state index contributed by atoms with van der Waals surface area (Å²) in [6, 6.07) is 67.8. The molecule has 13 rings (SSSR count). The number of Topliss-reactive ketones (excluding diaryl/α,β-unsaturated/α-hetero) is 1. The number of alkyl carbamates (subject to hydrolysis) is 1. The van der Waals surface area contributed by atoms with Crippen molar-refractivity contribution in [2.45, 2.75) is 141 Å². The molecule has 25 nitrogen and oxygen atoms in total. The van der Waals surface area contributed by atoms with Crippen LogP contribution in [0.3, 0.4) is 0 Å². The minimum absolute atomic E-state index is 0.0327. The maximum Gasteiger partial charge on any atom is 0.678 e. The molecule has 6 N–H and O–H groups in total. The third kappa shape index (κ3) is 25.2. The van der Waals surface area contributed by atoms with Crippen LogP contribution in [0.15, 0.2) is 262 Å². The molecule has 9 aromatic carbocycles. The summed E-state index contributed by atoms with van der Waals surface area (Å²) >= 11 is 0. The van der Waals surface area contributed by atoms with Gasteiger partial charge in [-0.25, -0.2) is 22.4 Å². The zero-order valence-corrected chi connectivity index (χ0v) is 76.8. The van der Waals surface area contributed by atoms with Gasteiger partial charge in [-0.3, -0.25) is 42.4 Å². The highest BCUT2D eigenvalue weighted by atomic mass is 32.2. The van der Waals surface area contributed by atoms with Crippen molar-refractivity contribution in [3.63, 3.8) is 0 Å². The van der Waals surface area contributed by atoms with E-state index in [1.807, 2.05) is 149 Å². The summed E-state index contributed by atoms with van der Waals surface area (Å²) in [5, 5.41) is 18.8. The molecule has 133 heavy (non-hydrogen) atoms. The molecule has 4 heterocycles. The van der Waals surface area contributed by atoms with E-state index in [-0.39, 0.29) is 92.2 Å². The Bertz CT molecular complexity index is 6090. The molecule has 2 atom stereocenters. The quantitative estimate of drug-likeness (QED) is 0.00680. The number of carbonyl (C=O) groups is 8. The number of aliphatic imine (C=N–C) groups is 1. The number of halogens is 2. The second-order valence-corrected chi connectivity index (χ2v) is 35.4. The van der Waals surface area contributed by atoms with Gasteiger partial charge in [-0.1, -0.05) is 122 Å². The van der Waals surface area contributed by atoms with Gasteiger partial charge in [0.1, 0.15) is 18.4 Å². The molecule has 0 aliphatic carbocycles. The summed E-state index contributed by atoms with van der Waals surface area (Å²) in [6.45, 7) is 7.69. The molecule has 1 saturated heterocycles. The normalized spacial score (nSPS) is 13.6. The van der Waals surface area contributed by atoms with Gasteiger partial charge in [-0.05, 0) is 240 Å². The molecule has 0 bridgehead atoms. The molecule has 6 amide bonds. The average Bonchev–Trinajstić information content (AvgIpc) is 1.22. The van der Waals surface area contributed by atoms with Crippen LogP contribution in [-0.4, -0.2) is 157 Å². The maximum absolute atomic E-state index is 15.1. The van der Waals surface area contributed by atoms with E-state index in [0.29, 0.717) is 150 Å². The van der Waals surface area contributed by atoms with Gasteiger partial charge in [-0.2, -0.15) is 4.31 Å². The highest BCUT2D eigenvalue weighted by Crippen LogP contribution is 2.44. The Kier molecular flexibility index (Phi) is 33.6. The molecule has 2 aliphatic heterocycles. The number of ether oxygens (including phenoxy) is 3. The molecular formula is C104H113BF2N11O14S+. The molecule has 11 aromatic rings. The van der Waals surface area contributed by atoms with Crippen molar-refractivity contribution in [1.82, 2.24) is 40.7 Å². The number of hydrogen-bond donors (Lipinski definition) is 6. The number of sulfonamides is 1. The van der Waals surface area contributed by atoms with Gasteiger partial charge in [0.25, 0.3) is 5.91 Å². The minimum Gasteiger partial charge on any atom is -0.497 e. The van der Waals surface area contributed by atoms with Crippen LogP contribution in [0.5, 0.6) is 5.75 Å². The first-order chi connectivity index (χ1) is 64.3. The van der Waals surface area contributed by atoms with E-state index in [1.165, 1.54) is 11.4 Å². The van der Waals surface area contributed by atoms with Crippen LogP contribution >= 0.6 is 0 Å². The summed E-state index contributed by atoms with van der Waals surface area (Å²) < 4.78 is 84.8. The van der Waals surface area contributed by atoms with E-state index < -0.39 is 71.7 Å². The number of nitrogens with zero attached hydrogens (tertiary/aromatic N) is 5. The van der Waals surface area contributed by atoms with Gasteiger partial charge < -0.3 is 60.4 Å². The smallest absolute Gasteiger partial charge is 0.497 e. The van der Waals surface area contributed by atoms with Gasteiger partial charge in [0.05, 0.1) is 63.6 Å². The lowest BCUT2D eigenvalue weighted by molar-refractivity contribution is -0.130. The molecular weight excluding hydrogens is 1710 g/mol. The Morgan fingerprint density at radius 2 is 1.14 bits per heavy atom. The van der Waals surface area contributed by atoms with Gasteiger partial charge in [-0.15, -0.1) is 0 Å². The number of piperidine rings is 1. The first kappa shape index (κ1) is 96.6. The predicted molar refractivity (Wildman–Crippen MR) is 517 cm³/mol. The second kappa shape index (κ2) is 46.2. The van der Waals surface area contributed by atoms with Crippen LogP contribution in [-0.2, 0) is 56.5 Å². The van der Waals surface area contributed by atoms with Crippen molar-refractivity contribution in [2.75, 3.05) is 76.9 Å². The van der Waals surface area contributed by atoms with Crippen molar-refractivity contribution in [3.8, 4) is 28.1 Å². The molecule has 2 unspecified atom stereocenters. The van der Waals surface area contributed by atoms with Gasteiger partial charge in [0, 0.05) is 124 Å². The Balaban J connectivity index is 0.558. The number of aromatic nitrogens is 1. The number of methoxy groups -OCH3 is 1. The highest BCUT2D eigenvalue weighted by molar-refractivity contribution is 7.89. The largest absolute Gasteiger partial charge is 0.678 e. The standard InChI is InChI=1S/C104H112BF2N11O14S/c1-69-61-77(101(123)111-58-28-27-57-110-100(122)76-53-59-117(60-54-76)133(127,128)95-39-23-22-37-87(95)99-85-48-43-80(115(5)78-33-17-10-18-34-78)65-93(85)132-94-66-81(44-49-86(94)99)116(6)79-35-19-11-20-36-79)62-70(2)98(69)103(125)130-68-92(119)88(113-102(124)90(63-73-29-13-8-14-30-73)114-104(126)131-67-74-31-15-9-16-32-74)38-24-26-56-108-96(120)40-21-12-25-55-109-97(121)52-50-84-71(3)89(112-72(84)4)64-82-45-51-91(118(82)105(106)107)75-41-46-83(129-7)47-42-75/h8-11,13-20,22-23,29-37,39,41-49,51,61-62,64-66,76,88,90H,12,21,24-28,38,40,50,52-60,63,67-68H2,1-7H3,(H5-,108,109,110,111,113,114,120,121,122,123,124,126)/p+1/b89-64-. The number of amides is 6. The monoisotopic (exact) mass is 1820 g/mol. The summed E-state index contributed by atoms with van der Waals surface area (Å²) in [5.41, 5.74) is 13.0. The fraction of sp³-hybridized carbons (Fsp3) is 0.308. The zero-order valence-electron chi connectivity index (χ0n) is 76.0. The topological polar surface area (TPSA) is 309 Å². The number of anilines is 4. The van der Waals surface area contributed by atoms with Gasteiger partial charge >= 0.3 is 30.6 Å². The number of para-hydroxylation sites is 2. The summed E-state index contributed by atoms with van der Waals surface area (Å²) in [4.78, 5) is 119. The Labute approximate surface area is 775 Å². The van der Waals surface area contributed by atoms with Crippen LogP contribution < -0.4 is 46.4 Å². The number of allylic oxidation sites excluding steroid dienone is 2. The van der Waals surface area contributed by atoms with Crippen molar-refractivity contribution in [3.05, 3.63) is 286 Å². The Hall–Kier alpha value is -13.9. The highest BCUT2D eigenvalue weighted by Gasteiger charge is 2.37. The number of ketones is 1. The first-order valence-electron chi connectivity index (χ1n) is 45.1. The predicted octanol–water partition coefficient (Wildman–Crippen LogP) is 18.0. The Morgan fingerprint density at radius 1 is 0.579 bits per heavy atom. The number of aryl methyl sites for hydroxylation is 2. The van der Waals surface area contributed by atoms with Gasteiger partial charge in [0.15, 0.2) is 12.4 Å². The molecule has 2 aliphatic rings. The molecule has 1 fully saturated rings. The first-order valence-corrected chi connectivity index (χ1v) is 46.6. The lowest BCUT2D eigenvalue weighted by Crippen LogP contribution is -2.53. The fourth-order valence-electron chi connectivity index (χ4n) is 16.9. The maximum atomic E-state index is 15.1. The SMILES string of the molecule is COc1ccc(-c2ccc(/C=C3\N=C(C)C(CCC(=O)NCCCCCC(=O)NCCCCC(NC(=O)C(Cc4ccccc4)NC(=O)OCc4ccccc4)C(=O)COC(=O)c4c(C)cc(C(=O)NCCCCNC(=O)C5CCN(S(=O)(=O)c6ccccc6-c6c7ccc(N(C)c8ccccc8)cc7[o+]c7cc(N(C)c8ccccc8)ccc67)CC5)cc4C)=C3C)n2B(F)F)cc1. The lowest BCUT2D eigenvalue weighted by atomic mass is 9.96. The van der Waals surface area contributed by atoms with Crippen molar-refractivity contribution >= 4 is 121 Å². The second-order valence-electron chi connectivity index (χ2n) is 33.4. The Morgan fingerprint density at radius 3 is 1.74 bits per heavy atom. The number of carbonyl (C=O) groups excluding carboxylic acids is 8. The van der Waals surface area contributed by atoms with Crippen LogP contribution in [0.1, 0.15) is 146 Å².